The van der Waals surface area contributed by atoms with Gasteiger partial charge in [0.1, 0.15) is 5.69 Å². The summed E-state index contributed by atoms with van der Waals surface area (Å²) < 4.78 is 5.39. The third-order valence-corrected chi connectivity index (χ3v) is 6.34. The summed E-state index contributed by atoms with van der Waals surface area (Å²) in [6.45, 7) is 0.732. The van der Waals surface area contributed by atoms with Gasteiger partial charge in [0.05, 0.1) is 0 Å². The van der Waals surface area contributed by atoms with Gasteiger partial charge in [0, 0.05) is 27.4 Å². The Labute approximate surface area is 190 Å². The molecule has 0 radical (unpaired) electrons. The van der Waals surface area contributed by atoms with Crippen LogP contribution in [0.5, 0.6) is 0 Å². The molecule has 0 saturated heterocycles. The van der Waals surface area contributed by atoms with E-state index in [0.717, 1.165) is 27.8 Å². The number of ketones is 1. The van der Waals surface area contributed by atoms with Crippen LogP contribution in [-0.4, -0.2) is 21.1 Å². The standard InChI is InChI=1S/C27H22BrN2O/c28-23-15-13-22(14-16-23)27(31)26-25(21-10-5-2-6-11-21)29(18-20-8-3-1-4-9-20)19-24-12-7-17-30(24)26/h1-17,19,25-26H,18H2/q+1/t25-,26+/m1/s1. The Balaban J connectivity index is 1.65. The number of carbonyl (C=O) groups is 1. The normalized spacial score (nSPS) is 17.6. The van der Waals surface area contributed by atoms with E-state index in [-0.39, 0.29) is 17.9 Å². The van der Waals surface area contributed by atoms with Crippen molar-refractivity contribution in [2.75, 3.05) is 0 Å². The van der Waals surface area contributed by atoms with Crippen molar-refractivity contribution in [1.29, 1.82) is 0 Å². The Morgan fingerprint density at radius 1 is 0.839 bits per heavy atom. The number of aromatic nitrogens is 1. The maximum Gasteiger partial charge on any atom is 0.206 e. The molecule has 3 aromatic carbocycles. The van der Waals surface area contributed by atoms with Gasteiger partial charge in [0.15, 0.2) is 24.6 Å². The number of hydrogen-bond donors (Lipinski definition) is 0. The van der Waals surface area contributed by atoms with Gasteiger partial charge >= 0.3 is 0 Å². The van der Waals surface area contributed by atoms with Gasteiger partial charge in [-0.2, -0.15) is 0 Å². The molecule has 152 valence electrons. The van der Waals surface area contributed by atoms with E-state index in [4.69, 9.17) is 0 Å². The van der Waals surface area contributed by atoms with E-state index in [9.17, 15) is 4.79 Å². The first-order chi connectivity index (χ1) is 15.2. The lowest BCUT2D eigenvalue weighted by atomic mass is 9.90. The highest BCUT2D eigenvalue weighted by Crippen LogP contribution is 2.37. The largest absolute Gasteiger partial charge is 0.326 e. The molecule has 31 heavy (non-hydrogen) atoms. The maximum atomic E-state index is 13.9. The molecule has 0 bridgehead atoms. The van der Waals surface area contributed by atoms with Crippen LogP contribution in [0.2, 0.25) is 0 Å². The van der Waals surface area contributed by atoms with E-state index in [1.54, 1.807) is 0 Å². The van der Waals surface area contributed by atoms with Crippen LogP contribution in [0.1, 0.15) is 39.3 Å². The van der Waals surface area contributed by atoms with Crippen LogP contribution in [0.3, 0.4) is 0 Å². The summed E-state index contributed by atoms with van der Waals surface area (Å²) in [7, 11) is 0. The summed E-state index contributed by atoms with van der Waals surface area (Å²) >= 11 is 3.48. The monoisotopic (exact) mass is 469 g/mol. The van der Waals surface area contributed by atoms with Crippen molar-refractivity contribution >= 4 is 27.9 Å². The SMILES string of the molecule is O=C(c1ccc(Br)cc1)[C@@H]1[C@@H](c2ccccc2)[N+](Cc2ccccc2)=Cc2cccn21. The highest BCUT2D eigenvalue weighted by molar-refractivity contribution is 9.10. The Morgan fingerprint density at radius 3 is 2.23 bits per heavy atom. The molecule has 3 nitrogen and oxygen atoms in total. The fraction of sp³-hybridized carbons (Fsp3) is 0.111. The van der Waals surface area contributed by atoms with Crippen molar-refractivity contribution in [3.05, 3.63) is 130 Å². The molecule has 4 aromatic rings. The highest BCUT2D eigenvalue weighted by Gasteiger charge is 2.42. The molecule has 1 aromatic heterocycles. The van der Waals surface area contributed by atoms with Crippen LogP contribution >= 0.6 is 15.9 Å². The second-order valence-corrected chi connectivity index (χ2v) is 8.71. The second kappa shape index (κ2) is 8.48. The van der Waals surface area contributed by atoms with Crippen LogP contribution in [0.4, 0.5) is 0 Å². The van der Waals surface area contributed by atoms with Crippen molar-refractivity contribution in [2.45, 2.75) is 18.6 Å². The van der Waals surface area contributed by atoms with Crippen LogP contribution in [0.25, 0.3) is 0 Å². The fourth-order valence-electron chi connectivity index (χ4n) is 4.37. The van der Waals surface area contributed by atoms with E-state index in [2.05, 4.69) is 73.8 Å². The molecule has 2 heterocycles. The summed E-state index contributed by atoms with van der Waals surface area (Å²) in [6.07, 6.45) is 4.19. The number of benzene rings is 3. The second-order valence-electron chi connectivity index (χ2n) is 7.80. The van der Waals surface area contributed by atoms with Crippen molar-refractivity contribution < 1.29 is 9.37 Å². The minimum atomic E-state index is -0.359. The maximum absolute atomic E-state index is 13.9. The third kappa shape index (κ3) is 3.91. The van der Waals surface area contributed by atoms with Gasteiger partial charge in [-0.15, -0.1) is 0 Å². The Hall–Kier alpha value is -3.24. The summed E-state index contributed by atoms with van der Waals surface area (Å²) in [6, 6.07) is 32.0. The third-order valence-electron chi connectivity index (χ3n) is 5.81. The molecular formula is C27H22BrN2O+. The Kier molecular flexibility index (Phi) is 5.39. The Morgan fingerprint density at radius 2 is 1.52 bits per heavy atom. The molecule has 0 N–H and O–H groups in total. The number of halogens is 1. The minimum absolute atomic E-state index is 0.113. The summed E-state index contributed by atoms with van der Waals surface area (Å²) in [4.78, 5) is 13.9. The zero-order chi connectivity index (χ0) is 21.2. The summed E-state index contributed by atoms with van der Waals surface area (Å²) in [5, 5.41) is 0. The highest BCUT2D eigenvalue weighted by atomic mass is 79.9. The molecule has 0 saturated carbocycles. The van der Waals surface area contributed by atoms with Gasteiger partial charge < -0.3 is 4.57 Å². The fourth-order valence-corrected chi connectivity index (χ4v) is 4.63. The lowest BCUT2D eigenvalue weighted by Gasteiger charge is -2.30. The van der Waals surface area contributed by atoms with Gasteiger partial charge in [-0.05, 0) is 24.3 Å². The first kappa shape index (κ1) is 19.7. The number of Topliss-reactive ketones (excluding diaryl/α,β-unsaturated/α-hetero) is 1. The van der Waals surface area contributed by atoms with Crippen molar-refractivity contribution in [3.8, 4) is 0 Å². The lowest BCUT2D eigenvalue weighted by molar-refractivity contribution is -0.590. The van der Waals surface area contributed by atoms with Gasteiger partial charge in [0.25, 0.3) is 0 Å². The van der Waals surface area contributed by atoms with E-state index in [1.165, 1.54) is 5.56 Å². The lowest BCUT2D eigenvalue weighted by Crippen LogP contribution is -2.38. The van der Waals surface area contributed by atoms with Crippen molar-refractivity contribution in [1.82, 2.24) is 4.57 Å². The van der Waals surface area contributed by atoms with Crippen LogP contribution in [0.15, 0.2) is 108 Å². The molecule has 2 atom stereocenters. The van der Waals surface area contributed by atoms with Crippen molar-refractivity contribution in [3.63, 3.8) is 0 Å². The number of nitrogens with zero attached hydrogens (tertiary/aromatic N) is 2. The van der Waals surface area contributed by atoms with E-state index >= 15 is 0 Å². The Bertz CT molecular complexity index is 1230. The average molecular weight is 470 g/mol. The molecular weight excluding hydrogens is 448 g/mol. The van der Waals surface area contributed by atoms with Gasteiger partial charge in [0.2, 0.25) is 6.04 Å². The molecule has 0 aliphatic carbocycles. The van der Waals surface area contributed by atoms with Crippen LogP contribution < -0.4 is 0 Å². The predicted octanol–water partition coefficient (Wildman–Crippen LogP) is 6.06. The van der Waals surface area contributed by atoms with Crippen molar-refractivity contribution in [2.24, 2.45) is 0 Å². The van der Waals surface area contributed by atoms with Gasteiger partial charge in [-0.3, -0.25) is 4.79 Å². The number of fused-ring (bicyclic) bond motifs is 1. The molecule has 0 amide bonds. The number of rotatable bonds is 5. The van der Waals surface area contributed by atoms with E-state index < -0.39 is 0 Å². The van der Waals surface area contributed by atoms with Gasteiger partial charge in [-0.1, -0.05) is 88.7 Å². The number of carbonyl (C=O) groups excluding carboxylic acids is 1. The molecule has 4 heteroatoms. The summed E-state index contributed by atoms with van der Waals surface area (Å²) in [5.41, 5.74) is 4.10. The average Bonchev–Trinajstić information content (AvgIpc) is 3.28. The number of hydrogen-bond acceptors (Lipinski definition) is 1. The predicted molar refractivity (Wildman–Crippen MR) is 127 cm³/mol. The molecule has 0 fully saturated rings. The molecule has 5 rings (SSSR count). The minimum Gasteiger partial charge on any atom is -0.326 e. The zero-order valence-corrected chi connectivity index (χ0v) is 18.5. The topological polar surface area (TPSA) is 25.0 Å². The van der Waals surface area contributed by atoms with Gasteiger partial charge in [-0.25, -0.2) is 4.58 Å². The van der Waals surface area contributed by atoms with Crippen LogP contribution in [-0.2, 0) is 6.54 Å². The van der Waals surface area contributed by atoms with Crippen LogP contribution in [0, 0.1) is 0 Å². The smallest absolute Gasteiger partial charge is 0.206 e. The first-order valence-electron chi connectivity index (χ1n) is 10.4. The van der Waals surface area contributed by atoms with E-state index in [0.29, 0.717) is 0 Å². The molecule has 0 spiro atoms. The molecule has 1 aliphatic heterocycles. The zero-order valence-electron chi connectivity index (χ0n) is 16.9. The quantitative estimate of drug-likeness (QED) is 0.257. The first-order valence-corrected chi connectivity index (χ1v) is 11.2. The van der Waals surface area contributed by atoms with E-state index in [1.807, 2.05) is 60.8 Å². The summed E-state index contributed by atoms with van der Waals surface area (Å²) in [5.74, 6) is 0.116. The molecule has 0 unspecified atom stereocenters. The molecule has 1 aliphatic rings.